The Balaban J connectivity index is 2.02. The normalized spacial score (nSPS) is 24.7. The standard InChI is InChI=1S/C12H15ClO2/c1-2-8-3-4-12(11(13)5-8)15-10-6-9(14)7-10/h3-5,9-10,14H,2,6-7H2,1H3. The predicted octanol–water partition coefficient (Wildman–Crippen LogP) is 2.80. The van der Waals surface area contributed by atoms with E-state index < -0.39 is 0 Å². The summed E-state index contributed by atoms with van der Waals surface area (Å²) in [6.45, 7) is 2.09. The smallest absolute Gasteiger partial charge is 0.138 e. The molecule has 0 aliphatic heterocycles. The van der Waals surface area contributed by atoms with Gasteiger partial charge in [-0.05, 0) is 24.1 Å². The van der Waals surface area contributed by atoms with Gasteiger partial charge in [0, 0.05) is 12.8 Å². The van der Waals surface area contributed by atoms with Gasteiger partial charge in [-0.1, -0.05) is 24.6 Å². The molecule has 0 bridgehead atoms. The Bertz CT molecular complexity index is 345. The highest BCUT2D eigenvalue weighted by atomic mass is 35.5. The summed E-state index contributed by atoms with van der Waals surface area (Å²) in [6, 6.07) is 5.87. The van der Waals surface area contributed by atoms with Crippen LogP contribution in [-0.2, 0) is 6.42 Å². The van der Waals surface area contributed by atoms with Crippen molar-refractivity contribution in [1.82, 2.24) is 0 Å². The fourth-order valence-corrected chi connectivity index (χ4v) is 1.92. The van der Waals surface area contributed by atoms with E-state index in [0.29, 0.717) is 17.9 Å². The van der Waals surface area contributed by atoms with Crippen molar-refractivity contribution >= 4 is 11.6 Å². The number of benzene rings is 1. The third-order valence-corrected chi connectivity index (χ3v) is 3.06. The molecule has 1 fully saturated rings. The third-order valence-electron chi connectivity index (χ3n) is 2.77. The number of hydrogen-bond donors (Lipinski definition) is 1. The number of aliphatic hydroxyl groups is 1. The maximum atomic E-state index is 9.13. The van der Waals surface area contributed by atoms with Gasteiger partial charge in [0.2, 0.25) is 0 Å². The van der Waals surface area contributed by atoms with Crippen LogP contribution in [0.5, 0.6) is 5.75 Å². The number of rotatable bonds is 3. The monoisotopic (exact) mass is 226 g/mol. The molecule has 0 atom stereocenters. The quantitative estimate of drug-likeness (QED) is 0.859. The topological polar surface area (TPSA) is 29.5 Å². The van der Waals surface area contributed by atoms with E-state index in [9.17, 15) is 0 Å². The first-order chi connectivity index (χ1) is 7.19. The minimum atomic E-state index is -0.191. The molecule has 1 N–H and O–H groups in total. The Kier molecular flexibility index (Phi) is 3.17. The summed E-state index contributed by atoms with van der Waals surface area (Å²) in [7, 11) is 0. The zero-order valence-electron chi connectivity index (χ0n) is 8.74. The van der Waals surface area contributed by atoms with E-state index in [1.165, 1.54) is 5.56 Å². The molecule has 82 valence electrons. The van der Waals surface area contributed by atoms with Crippen LogP contribution in [0.15, 0.2) is 18.2 Å². The molecule has 0 spiro atoms. The molecule has 1 aliphatic carbocycles. The van der Waals surface area contributed by atoms with Gasteiger partial charge in [-0.3, -0.25) is 0 Å². The van der Waals surface area contributed by atoms with Gasteiger partial charge in [-0.15, -0.1) is 0 Å². The molecule has 1 saturated carbocycles. The zero-order valence-corrected chi connectivity index (χ0v) is 9.50. The van der Waals surface area contributed by atoms with Crippen molar-refractivity contribution in [2.45, 2.75) is 38.4 Å². The molecule has 2 rings (SSSR count). The SMILES string of the molecule is CCc1ccc(OC2CC(O)C2)c(Cl)c1. The van der Waals surface area contributed by atoms with E-state index in [4.69, 9.17) is 21.4 Å². The molecule has 0 saturated heterocycles. The van der Waals surface area contributed by atoms with E-state index in [1.807, 2.05) is 18.2 Å². The molecule has 3 heteroatoms. The average molecular weight is 227 g/mol. The molecule has 0 aromatic heterocycles. The lowest BCUT2D eigenvalue weighted by atomic mass is 9.92. The van der Waals surface area contributed by atoms with Crippen molar-refractivity contribution in [3.8, 4) is 5.75 Å². The second kappa shape index (κ2) is 4.42. The van der Waals surface area contributed by atoms with Gasteiger partial charge in [0.25, 0.3) is 0 Å². The Labute approximate surface area is 94.8 Å². The first-order valence-corrected chi connectivity index (χ1v) is 5.70. The summed E-state index contributed by atoms with van der Waals surface area (Å²) in [5.74, 6) is 0.728. The predicted molar refractivity (Wildman–Crippen MR) is 60.5 cm³/mol. The van der Waals surface area contributed by atoms with Crippen LogP contribution in [0.1, 0.15) is 25.3 Å². The van der Waals surface area contributed by atoms with Crippen molar-refractivity contribution in [1.29, 1.82) is 0 Å². The van der Waals surface area contributed by atoms with Crippen LogP contribution in [0.2, 0.25) is 5.02 Å². The molecule has 0 amide bonds. The van der Waals surface area contributed by atoms with Crippen molar-refractivity contribution < 1.29 is 9.84 Å². The molecule has 1 aromatic rings. The highest BCUT2D eigenvalue weighted by Crippen LogP contribution is 2.31. The van der Waals surface area contributed by atoms with E-state index in [2.05, 4.69) is 6.92 Å². The fourth-order valence-electron chi connectivity index (χ4n) is 1.67. The maximum absolute atomic E-state index is 9.13. The van der Waals surface area contributed by atoms with Crippen LogP contribution in [0.3, 0.4) is 0 Å². The highest BCUT2D eigenvalue weighted by molar-refractivity contribution is 6.32. The van der Waals surface area contributed by atoms with Gasteiger partial charge in [0.15, 0.2) is 0 Å². The Morgan fingerprint density at radius 2 is 2.20 bits per heavy atom. The molecule has 2 nitrogen and oxygen atoms in total. The number of halogens is 1. The van der Waals surface area contributed by atoms with Gasteiger partial charge >= 0.3 is 0 Å². The first kappa shape index (κ1) is 10.8. The lowest BCUT2D eigenvalue weighted by molar-refractivity contribution is -0.0107. The van der Waals surface area contributed by atoms with E-state index in [1.54, 1.807) is 0 Å². The minimum absolute atomic E-state index is 0.130. The van der Waals surface area contributed by atoms with Crippen molar-refractivity contribution in [2.24, 2.45) is 0 Å². The lowest BCUT2D eigenvalue weighted by Gasteiger charge is -2.31. The molecular formula is C12H15ClO2. The van der Waals surface area contributed by atoms with Crippen molar-refractivity contribution in [3.05, 3.63) is 28.8 Å². The Morgan fingerprint density at radius 1 is 1.47 bits per heavy atom. The summed E-state index contributed by atoms with van der Waals surface area (Å²) >= 11 is 6.08. The largest absolute Gasteiger partial charge is 0.489 e. The number of hydrogen-bond acceptors (Lipinski definition) is 2. The summed E-state index contributed by atoms with van der Waals surface area (Å²) in [5, 5.41) is 9.80. The van der Waals surface area contributed by atoms with Crippen LogP contribution in [0.4, 0.5) is 0 Å². The molecule has 0 unspecified atom stereocenters. The van der Waals surface area contributed by atoms with E-state index >= 15 is 0 Å². The second-order valence-corrected chi connectivity index (χ2v) is 4.39. The zero-order chi connectivity index (χ0) is 10.8. The molecule has 0 heterocycles. The summed E-state index contributed by atoms with van der Waals surface area (Å²) in [5.41, 5.74) is 1.21. The number of aliphatic hydroxyl groups excluding tert-OH is 1. The third kappa shape index (κ3) is 2.44. The Morgan fingerprint density at radius 3 is 2.73 bits per heavy atom. The van der Waals surface area contributed by atoms with Crippen molar-refractivity contribution in [3.63, 3.8) is 0 Å². The summed E-state index contributed by atoms with van der Waals surface area (Å²) in [6.07, 6.45) is 2.34. The van der Waals surface area contributed by atoms with Crippen LogP contribution in [-0.4, -0.2) is 17.3 Å². The first-order valence-electron chi connectivity index (χ1n) is 5.32. The number of aryl methyl sites for hydroxylation is 1. The molecule has 1 aliphatic rings. The molecule has 0 radical (unpaired) electrons. The van der Waals surface area contributed by atoms with Crippen LogP contribution < -0.4 is 4.74 Å². The van der Waals surface area contributed by atoms with Crippen LogP contribution in [0.25, 0.3) is 0 Å². The number of ether oxygens (including phenoxy) is 1. The van der Waals surface area contributed by atoms with E-state index in [-0.39, 0.29) is 12.2 Å². The van der Waals surface area contributed by atoms with Gasteiger partial charge in [-0.25, -0.2) is 0 Å². The summed E-state index contributed by atoms with van der Waals surface area (Å²) in [4.78, 5) is 0. The van der Waals surface area contributed by atoms with Crippen molar-refractivity contribution in [2.75, 3.05) is 0 Å². The summed E-state index contributed by atoms with van der Waals surface area (Å²) < 4.78 is 5.66. The highest BCUT2D eigenvalue weighted by Gasteiger charge is 2.29. The average Bonchev–Trinajstić information content (AvgIpc) is 2.18. The van der Waals surface area contributed by atoms with Gasteiger partial charge in [0.05, 0.1) is 11.1 Å². The van der Waals surface area contributed by atoms with Gasteiger partial charge in [-0.2, -0.15) is 0 Å². The van der Waals surface area contributed by atoms with E-state index in [0.717, 1.165) is 12.2 Å². The Hall–Kier alpha value is -0.730. The molecule has 15 heavy (non-hydrogen) atoms. The minimum Gasteiger partial charge on any atom is -0.489 e. The van der Waals surface area contributed by atoms with Gasteiger partial charge < -0.3 is 9.84 Å². The maximum Gasteiger partial charge on any atom is 0.138 e. The van der Waals surface area contributed by atoms with Crippen LogP contribution >= 0.6 is 11.6 Å². The lowest BCUT2D eigenvalue weighted by Crippen LogP contribution is -2.37. The van der Waals surface area contributed by atoms with Gasteiger partial charge in [0.1, 0.15) is 11.9 Å². The van der Waals surface area contributed by atoms with Crippen LogP contribution in [0, 0.1) is 0 Å². The molecular weight excluding hydrogens is 212 g/mol. The fraction of sp³-hybridized carbons (Fsp3) is 0.500. The molecule has 1 aromatic carbocycles. The second-order valence-electron chi connectivity index (χ2n) is 3.98.